The maximum absolute atomic E-state index is 12.0. The molecule has 2 aromatic rings. The molecule has 1 aromatic carbocycles. The third-order valence-electron chi connectivity index (χ3n) is 2.82. The molecule has 0 unspecified atom stereocenters. The Bertz CT molecular complexity index is 872. The molecule has 0 aliphatic carbocycles. The van der Waals surface area contributed by atoms with Gasteiger partial charge in [0.25, 0.3) is 0 Å². The molecule has 120 valence electrons. The molecule has 0 saturated heterocycles. The second kappa shape index (κ2) is 6.15. The van der Waals surface area contributed by atoms with Gasteiger partial charge in [0.05, 0.1) is 12.3 Å². The molecule has 0 bridgehead atoms. The van der Waals surface area contributed by atoms with Gasteiger partial charge in [-0.25, -0.2) is 21.6 Å². The Morgan fingerprint density at radius 3 is 2.41 bits per heavy atom. The predicted octanol–water partition coefficient (Wildman–Crippen LogP) is 0.401. The molecule has 0 amide bonds. The highest BCUT2D eigenvalue weighted by molar-refractivity contribution is 7.90. The third kappa shape index (κ3) is 4.36. The number of aryl methyl sites for hydroxylation is 1. The van der Waals surface area contributed by atoms with Crippen LogP contribution in [-0.2, 0) is 32.2 Å². The number of sulfone groups is 1. The molecular weight excluding hydrogens is 330 g/mol. The van der Waals surface area contributed by atoms with Crippen molar-refractivity contribution < 1.29 is 21.3 Å². The van der Waals surface area contributed by atoms with Gasteiger partial charge in [0, 0.05) is 6.26 Å². The van der Waals surface area contributed by atoms with Gasteiger partial charge in [0.1, 0.15) is 0 Å². The minimum absolute atomic E-state index is 0.117. The van der Waals surface area contributed by atoms with Crippen LogP contribution in [0.1, 0.15) is 17.0 Å². The first-order valence-electron chi connectivity index (χ1n) is 6.22. The number of rotatable bonds is 6. The van der Waals surface area contributed by atoms with Crippen molar-refractivity contribution in [1.29, 1.82) is 0 Å². The summed E-state index contributed by atoms with van der Waals surface area (Å²) in [6.07, 6.45) is 0.923. The molecular formula is C12H15N3O5S2. The van der Waals surface area contributed by atoms with Crippen molar-refractivity contribution in [3.05, 3.63) is 41.3 Å². The summed E-state index contributed by atoms with van der Waals surface area (Å²) in [5.74, 6) is -0.305. The van der Waals surface area contributed by atoms with E-state index in [9.17, 15) is 16.8 Å². The first-order valence-corrected chi connectivity index (χ1v) is 9.76. The van der Waals surface area contributed by atoms with Gasteiger partial charge in [-0.1, -0.05) is 29.4 Å². The number of nitrogens with zero attached hydrogens (tertiary/aromatic N) is 2. The van der Waals surface area contributed by atoms with Crippen molar-refractivity contribution in [1.82, 2.24) is 14.9 Å². The van der Waals surface area contributed by atoms with Crippen LogP contribution in [-0.4, -0.2) is 33.3 Å². The lowest BCUT2D eigenvalue weighted by atomic mass is 10.1. The van der Waals surface area contributed by atoms with Gasteiger partial charge in [0.2, 0.25) is 25.8 Å². The average Bonchev–Trinajstić information content (AvgIpc) is 2.88. The standard InChI is InChI=1S/C12H15N3O5S2/c1-9-5-3-4-6-10(9)8-22(18,19)13-7-11-14-15-12(20-11)21(2,16)17/h3-6,13H,7-8H2,1-2H3. The minimum atomic E-state index is -3.61. The van der Waals surface area contributed by atoms with Crippen LogP contribution in [0.4, 0.5) is 0 Å². The summed E-state index contributed by atoms with van der Waals surface area (Å²) in [7, 11) is -7.22. The largest absolute Gasteiger partial charge is 0.411 e. The Kier molecular flexibility index (Phi) is 4.63. The Hall–Kier alpha value is -1.78. The number of nitrogens with one attached hydrogen (secondary N) is 1. The zero-order chi connectivity index (χ0) is 16.4. The van der Waals surface area contributed by atoms with Crippen molar-refractivity contribution >= 4 is 19.9 Å². The van der Waals surface area contributed by atoms with Crippen molar-refractivity contribution in [2.75, 3.05) is 6.26 Å². The van der Waals surface area contributed by atoms with E-state index in [2.05, 4.69) is 14.9 Å². The third-order valence-corrected chi connectivity index (χ3v) is 4.89. The fourth-order valence-corrected chi connectivity index (χ4v) is 3.27. The summed E-state index contributed by atoms with van der Waals surface area (Å²) in [5.41, 5.74) is 1.54. The van der Waals surface area contributed by atoms with Gasteiger partial charge in [-0.3, -0.25) is 0 Å². The number of sulfonamides is 1. The molecule has 0 aliphatic heterocycles. The van der Waals surface area contributed by atoms with Gasteiger partial charge in [-0.2, -0.15) is 0 Å². The van der Waals surface area contributed by atoms with Crippen molar-refractivity contribution in [2.45, 2.75) is 24.4 Å². The lowest BCUT2D eigenvalue weighted by Crippen LogP contribution is -2.25. The molecule has 22 heavy (non-hydrogen) atoms. The van der Waals surface area contributed by atoms with Crippen LogP contribution in [0.25, 0.3) is 0 Å². The second-order valence-corrected chi connectivity index (χ2v) is 8.44. The van der Waals surface area contributed by atoms with E-state index < -0.39 is 25.1 Å². The molecule has 10 heteroatoms. The molecule has 8 nitrogen and oxygen atoms in total. The number of hydrogen-bond donors (Lipinski definition) is 1. The Labute approximate surface area is 128 Å². The molecule has 0 atom stereocenters. The summed E-state index contributed by atoms with van der Waals surface area (Å²) in [6.45, 7) is 1.55. The second-order valence-electron chi connectivity index (χ2n) is 4.74. The molecule has 1 N–H and O–H groups in total. The predicted molar refractivity (Wildman–Crippen MR) is 78.1 cm³/mol. The first kappa shape index (κ1) is 16.6. The molecule has 0 saturated carbocycles. The van der Waals surface area contributed by atoms with Crippen LogP contribution in [0.15, 0.2) is 33.9 Å². The van der Waals surface area contributed by atoms with E-state index in [0.717, 1.165) is 11.8 Å². The highest BCUT2D eigenvalue weighted by atomic mass is 32.2. The summed E-state index contributed by atoms with van der Waals surface area (Å²) in [4.78, 5) is 0. The van der Waals surface area contributed by atoms with Crippen molar-refractivity contribution in [3.63, 3.8) is 0 Å². The normalized spacial score (nSPS) is 12.5. The molecule has 0 radical (unpaired) electrons. The summed E-state index contributed by atoms with van der Waals surface area (Å²) < 4.78 is 53.6. The van der Waals surface area contributed by atoms with Crippen LogP contribution in [0.3, 0.4) is 0 Å². The van der Waals surface area contributed by atoms with E-state index in [4.69, 9.17) is 4.42 Å². The lowest BCUT2D eigenvalue weighted by molar-refractivity contribution is 0.394. The van der Waals surface area contributed by atoms with Crippen LogP contribution >= 0.6 is 0 Å². The SMILES string of the molecule is Cc1ccccc1CS(=O)(=O)NCc1nnc(S(C)(=O)=O)o1. The topological polar surface area (TPSA) is 119 Å². The Balaban J connectivity index is 2.04. The Morgan fingerprint density at radius 1 is 1.14 bits per heavy atom. The molecule has 0 aliphatic rings. The van der Waals surface area contributed by atoms with Gasteiger partial charge in [0.15, 0.2) is 0 Å². The number of hydrogen-bond acceptors (Lipinski definition) is 7. The smallest absolute Gasteiger partial charge is 0.335 e. The van der Waals surface area contributed by atoms with Crippen LogP contribution in [0, 0.1) is 6.92 Å². The quantitative estimate of drug-likeness (QED) is 0.804. The van der Waals surface area contributed by atoms with E-state index >= 15 is 0 Å². The van der Waals surface area contributed by atoms with Crippen LogP contribution < -0.4 is 4.72 Å². The maximum Gasteiger partial charge on any atom is 0.335 e. The summed E-state index contributed by atoms with van der Waals surface area (Å²) >= 11 is 0. The first-order chi connectivity index (χ1) is 10.2. The molecule has 0 spiro atoms. The number of benzene rings is 1. The van der Waals surface area contributed by atoms with E-state index in [-0.39, 0.29) is 18.2 Å². The van der Waals surface area contributed by atoms with E-state index in [1.165, 1.54) is 0 Å². The van der Waals surface area contributed by atoms with Gasteiger partial charge in [-0.15, -0.1) is 5.10 Å². The summed E-state index contributed by atoms with van der Waals surface area (Å²) in [6, 6.07) is 7.13. The van der Waals surface area contributed by atoms with E-state index in [0.29, 0.717) is 5.56 Å². The van der Waals surface area contributed by atoms with Gasteiger partial charge < -0.3 is 4.42 Å². The summed E-state index contributed by atoms with van der Waals surface area (Å²) in [5, 5.41) is 6.29. The molecule has 0 fully saturated rings. The lowest BCUT2D eigenvalue weighted by Gasteiger charge is -2.07. The molecule has 1 aromatic heterocycles. The van der Waals surface area contributed by atoms with E-state index in [1.54, 1.807) is 12.1 Å². The maximum atomic E-state index is 12.0. The average molecular weight is 345 g/mol. The highest BCUT2D eigenvalue weighted by Gasteiger charge is 2.18. The minimum Gasteiger partial charge on any atom is -0.411 e. The fourth-order valence-electron chi connectivity index (χ4n) is 1.66. The van der Waals surface area contributed by atoms with Crippen LogP contribution in [0.2, 0.25) is 0 Å². The highest BCUT2D eigenvalue weighted by Crippen LogP contribution is 2.11. The molecule has 1 heterocycles. The van der Waals surface area contributed by atoms with E-state index in [1.807, 2.05) is 19.1 Å². The van der Waals surface area contributed by atoms with Crippen molar-refractivity contribution in [3.8, 4) is 0 Å². The zero-order valence-electron chi connectivity index (χ0n) is 12.0. The van der Waals surface area contributed by atoms with Gasteiger partial charge >= 0.3 is 5.22 Å². The van der Waals surface area contributed by atoms with Crippen LogP contribution in [0.5, 0.6) is 0 Å². The fraction of sp³-hybridized carbons (Fsp3) is 0.333. The molecule has 2 rings (SSSR count). The van der Waals surface area contributed by atoms with Gasteiger partial charge in [-0.05, 0) is 18.1 Å². The Morgan fingerprint density at radius 2 is 1.82 bits per heavy atom. The zero-order valence-corrected chi connectivity index (χ0v) is 13.6. The number of aromatic nitrogens is 2. The monoisotopic (exact) mass is 345 g/mol. The van der Waals surface area contributed by atoms with Crippen molar-refractivity contribution in [2.24, 2.45) is 0 Å².